The van der Waals surface area contributed by atoms with E-state index in [-0.39, 0.29) is 46.8 Å². The van der Waals surface area contributed by atoms with E-state index in [0.717, 1.165) is 12.1 Å². The van der Waals surface area contributed by atoms with Crippen molar-refractivity contribution in [3.63, 3.8) is 0 Å². The summed E-state index contributed by atoms with van der Waals surface area (Å²) in [7, 11) is 0. The van der Waals surface area contributed by atoms with E-state index in [0.29, 0.717) is 20.4 Å². The molecule has 0 saturated carbocycles. The lowest BCUT2D eigenvalue weighted by molar-refractivity contribution is 0.0986. The molecule has 0 radical (unpaired) electrons. The molecule has 3 aromatic carbocycles. The van der Waals surface area contributed by atoms with Crippen LogP contribution in [0, 0.1) is 22.1 Å². The number of rotatable bonds is 8. The first-order valence-electron chi connectivity index (χ1n) is 10.5. The minimum Gasteiger partial charge on any atom is -0.456 e. The summed E-state index contributed by atoms with van der Waals surface area (Å²) in [6, 6.07) is 13.4. The number of aryl methyl sites for hydroxylation is 1. The highest BCUT2D eigenvalue weighted by Gasteiger charge is 2.20. The van der Waals surface area contributed by atoms with Crippen molar-refractivity contribution < 1.29 is 27.6 Å². The summed E-state index contributed by atoms with van der Waals surface area (Å²) in [5, 5.41) is 3.71. The van der Waals surface area contributed by atoms with Crippen LogP contribution in [0.4, 0.5) is 8.78 Å². The standard InChI is InChI=1S/C26H19F2IN2O4/c1-14-21(13-34-31-14)23(32)8-15-3-2-4-20(7-15)35-24-11-18(27)10-17(25(24)26(30)33)9-16-5-6-19(29)12-22(16)28/h2-7,10-13H,8-9H2,1H3,(H2,30,33). The largest absolute Gasteiger partial charge is 0.456 e. The molecule has 0 atom stereocenters. The second-order valence-electron chi connectivity index (χ2n) is 7.88. The predicted octanol–water partition coefficient (Wildman–Crippen LogP) is 5.77. The van der Waals surface area contributed by atoms with Crippen LogP contribution in [0.1, 0.15) is 43.1 Å². The number of ether oxygens (including phenoxy) is 1. The van der Waals surface area contributed by atoms with Gasteiger partial charge in [0.1, 0.15) is 29.4 Å². The third-order valence-corrected chi connectivity index (χ3v) is 6.00. The molecule has 35 heavy (non-hydrogen) atoms. The summed E-state index contributed by atoms with van der Waals surface area (Å²) in [6.07, 6.45) is 1.30. The molecular formula is C26H19F2IN2O4. The Kier molecular flexibility index (Phi) is 7.25. The molecule has 1 amide bonds. The number of benzene rings is 3. The Bertz CT molecular complexity index is 1430. The molecule has 0 aliphatic rings. The molecule has 1 aromatic heterocycles. The number of primary amides is 1. The van der Waals surface area contributed by atoms with Gasteiger partial charge in [0.05, 0.1) is 16.8 Å². The first-order valence-corrected chi connectivity index (χ1v) is 11.6. The Hall–Kier alpha value is -3.60. The lowest BCUT2D eigenvalue weighted by atomic mass is 9.98. The monoisotopic (exact) mass is 588 g/mol. The zero-order chi connectivity index (χ0) is 25.1. The van der Waals surface area contributed by atoms with Gasteiger partial charge in [-0.2, -0.15) is 0 Å². The maximum atomic E-state index is 14.5. The van der Waals surface area contributed by atoms with Crippen LogP contribution in [0.5, 0.6) is 11.5 Å². The van der Waals surface area contributed by atoms with E-state index in [1.807, 2.05) is 22.6 Å². The molecule has 0 unspecified atom stereocenters. The number of ketones is 1. The molecule has 0 bridgehead atoms. The van der Waals surface area contributed by atoms with E-state index in [4.69, 9.17) is 15.0 Å². The van der Waals surface area contributed by atoms with E-state index in [9.17, 15) is 18.4 Å². The zero-order valence-corrected chi connectivity index (χ0v) is 20.6. The molecule has 6 nitrogen and oxygen atoms in total. The number of nitrogens with zero attached hydrogens (tertiary/aromatic N) is 1. The topological polar surface area (TPSA) is 95.4 Å². The average molecular weight is 588 g/mol. The number of hydrogen-bond acceptors (Lipinski definition) is 5. The van der Waals surface area contributed by atoms with Crippen molar-refractivity contribution >= 4 is 34.3 Å². The van der Waals surface area contributed by atoms with E-state index in [2.05, 4.69) is 5.16 Å². The molecule has 0 fully saturated rings. The highest BCUT2D eigenvalue weighted by molar-refractivity contribution is 14.1. The number of amides is 1. The zero-order valence-electron chi connectivity index (χ0n) is 18.5. The Balaban J connectivity index is 1.64. The highest BCUT2D eigenvalue weighted by Crippen LogP contribution is 2.31. The Morgan fingerprint density at radius 3 is 2.57 bits per heavy atom. The van der Waals surface area contributed by atoms with Crippen molar-refractivity contribution in [1.82, 2.24) is 5.16 Å². The molecule has 4 aromatic rings. The van der Waals surface area contributed by atoms with Gasteiger partial charge in [-0.15, -0.1) is 0 Å². The SMILES string of the molecule is Cc1nocc1C(=O)Cc1cccc(Oc2cc(F)cc(Cc3ccc(I)cc3F)c2C(N)=O)c1. The van der Waals surface area contributed by atoms with Crippen LogP contribution in [0.15, 0.2) is 65.4 Å². The first-order chi connectivity index (χ1) is 16.7. The second-order valence-corrected chi connectivity index (χ2v) is 9.12. The Labute approximate surface area is 213 Å². The third kappa shape index (κ3) is 5.73. The molecule has 2 N–H and O–H groups in total. The Morgan fingerprint density at radius 2 is 1.89 bits per heavy atom. The van der Waals surface area contributed by atoms with Crippen molar-refractivity contribution in [3.05, 3.63) is 110 Å². The van der Waals surface area contributed by atoms with Gasteiger partial charge in [0, 0.05) is 22.5 Å². The van der Waals surface area contributed by atoms with Crippen LogP contribution in [-0.4, -0.2) is 16.8 Å². The van der Waals surface area contributed by atoms with Crippen molar-refractivity contribution in [2.45, 2.75) is 19.8 Å². The smallest absolute Gasteiger partial charge is 0.252 e. The lowest BCUT2D eigenvalue weighted by Crippen LogP contribution is -2.16. The molecule has 9 heteroatoms. The van der Waals surface area contributed by atoms with Gasteiger partial charge in [-0.25, -0.2) is 8.78 Å². The maximum absolute atomic E-state index is 14.5. The molecule has 1 heterocycles. The van der Waals surface area contributed by atoms with Crippen LogP contribution in [0.3, 0.4) is 0 Å². The summed E-state index contributed by atoms with van der Waals surface area (Å²) in [5.74, 6) is -1.99. The van der Waals surface area contributed by atoms with Gasteiger partial charge in [-0.05, 0) is 76.5 Å². The highest BCUT2D eigenvalue weighted by atomic mass is 127. The van der Waals surface area contributed by atoms with Gasteiger partial charge in [0.25, 0.3) is 5.91 Å². The number of aromatic nitrogens is 1. The van der Waals surface area contributed by atoms with Gasteiger partial charge >= 0.3 is 0 Å². The summed E-state index contributed by atoms with van der Waals surface area (Å²) >= 11 is 1.98. The molecule has 178 valence electrons. The lowest BCUT2D eigenvalue weighted by Gasteiger charge is -2.15. The Morgan fingerprint density at radius 1 is 1.09 bits per heavy atom. The molecule has 0 saturated heterocycles. The number of nitrogens with two attached hydrogens (primary N) is 1. The number of hydrogen-bond donors (Lipinski definition) is 1. The summed E-state index contributed by atoms with van der Waals surface area (Å²) < 4.78 is 40.3. The molecule has 0 aliphatic heterocycles. The maximum Gasteiger partial charge on any atom is 0.252 e. The average Bonchev–Trinajstić information content (AvgIpc) is 3.21. The normalized spacial score (nSPS) is 10.9. The summed E-state index contributed by atoms with van der Waals surface area (Å²) in [5.41, 5.74) is 7.54. The number of carbonyl (C=O) groups is 2. The van der Waals surface area contributed by atoms with Crippen LogP contribution in [-0.2, 0) is 12.8 Å². The third-order valence-electron chi connectivity index (χ3n) is 5.33. The van der Waals surface area contributed by atoms with E-state index >= 15 is 0 Å². The molecule has 0 aliphatic carbocycles. The van der Waals surface area contributed by atoms with Crippen LogP contribution in [0.2, 0.25) is 0 Å². The van der Waals surface area contributed by atoms with Crippen LogP contribution >= 0.6 is 22.6 Å². The van der Waals surface area contributed by atoms with Crippen molar-refractivity contribution in [1.29, 1.82) is 0 Å². The summed E-state index contributed by atoms with van der Waals surface area (Å²) in [6.45, 7) is 1.67. The van der Waals surface area contributed by atoms with Crippen LogP contribution in [0.25, 0.3) is 0 Å². The number of Topliss-reactive ketones (excluding diaryl/α,β-unsaturated/α-hetero) is 1. The minimum atomic E-state index is -0.838. The number of carbonyl (C=O) groups excluding carboxylic acids is 2. The summed E-state index contributed by atoms with van der Waals surface area (Å²) in [4.78, 5) is 24.9. The van der Waals surface area contributed by atoms with Gasteiger partial charge in [-0.1, -0.05) is 23.4 Å². The fraction of sp³-hybridized carbons (Fsp3) is 0.115. The van der Waals surface area contributed by atoms with Gasteiger partial charge in [0.15, 0.2) is 5.78 Å². The molecule has 0 spiro atoms. The quantitative estimate of drug-likeness (QED) is 0.208. The number of halogens is 3. The second kappa shape index (κ2) is 10.3. The molecular weight excluding hydrogens is 569 g/mol. The van der Waals surface area contributed by atoms with Gasteiger partial charge in [0.2, 0.25) is 0 Å². The fourth-order valence-corrected chi connectivity index (χ4v) is 4.15. The van der Waals surface area contributed by atoms with E-state index < -0.39 is 17.5 Å². The van der Waals surface area contributed by atoms with E-state index in [1.54, 1.807) is 43.3 Å². The minimum absolute atomic E-state index is 0.0501. The predicted molar refractivity (Wildman–Crippen MR) is 133 cm³/mol. The van der Waals surface area contributed by atoms with Gasteiger partial charge in [-0.3, -0.25) is 9.59 Å². The van der Waals surface area contributed by atoms with Crippen LogP contribution < -0.4 is 10.5 Å². The molecule has 4 rings (SSSR count). The van der Waals surface area contributed by atoms with E-state index in [1.165, 1.54) is 12.3 Å². The fourth-order valence-electron chi connectivity index (χ4n) is 3.69. The van der Waals surface area contributed by atoms with Crippen molar-refractivity contribution in [2.24, 2.45) is 5.73 Å². The van der Waals surface area contributed by atoms with Crippen molar-refractivity contribution in [3.8, 4) is 11.5 Å². The first kappa shape index (κ1) is 24.5. The van der Waals surface area contributed by atoms with Gasteiger partial charge < -0.3 is 15.0 Å². The van der Waals surface area contributed by atoms with Crippen molar-refractivity contribution in [2.75, 3.05) is 0 Å².